The number of aromatic nitrogens is 3. The molecule has 0 fully saturated rings. The molecule has 0 aliphatic heterocycles. The Hall–Kier alpha value is -2.47. The van der Waals surface area contributed by atoms with Crippen LogP contribution in [0.25, 0.3) is 5.82 Å². The Kier molecular flexibility index (Phi) is 4.83. The first-order valence-corrected chi connectivity index (χ1v) is 9.73. The summed E-state index contributed by atoms with van der Waals surface area (Å²) in [5.74, 6) is 1.82. The number of benzene rings is 1. The highest BCUT2D eigenvalue weighted by atomic mass is 79.9. The molecule has 2 heterocycles. The zero-order chi connectivity index (χ0) is 19.0. The molecule has 6 heteroatoms. The van der Waals surface area contributed by atoms with Crippen LogP contribution in [0.15, 0.2) is 52.0 Å². The molecule has 138 valence electrons. The highest BCUT2D eigenvalue weighted by Crippen LogP contribution is 2.35. The van der Waals surface area contributed by atoms with Gasteiger partial charge in [0.2, 0.25) is 0 Å². The topological polar surface area (TPSA) is 57.0 Å². The SMILES string of the molecule is COc1cccc(C2CCc3c(cnn(-c4ccc(Br)cn4)c3=O)C2)c1C. The molecule has 0 radical (unpaired) electrons. The first kappa shape index (κ1) is 17.9. The minimum atomic E-state index is -0.0665. The fraction of sp³-hybridized carbons (Fsp3) is 0.286. The smallest absolute Gasteiger partial charge is 0.276 e. The van der Waals surface area contributed by atoms with Gasteiger partial charge in [0.05, 0.1) is 13.3 Å². The lowest BCUT2D eigenvalue weighted by atomic mass is 9.79. The van der Waals surface area contributed by atoms with E-state index in [9.17, 15) is 4.79 Å². The zero-order valence-electron chi connectivity index (χ0n) is 15.3. The Balaban J connectivity index is 1.68. The van der Waals surface area contributed by atoms with Crippen LogP contribution in [-0.2, 0) is 12.8 Å². The second-order valence-corrected chi connectivity index (χ2v) is 7.73. The first-order valence-electron chi connectivity index (χ1n) is 8.94. The summed E-state index contributed by atoms with van der Waals surface area (Å²) < 4.78 is 7.72. The van der Waals surface area contributed by atoms with Crippen LogP contribution < -0.4 is 10.3 Å². The second-order valence-electron chi connectivity index (χ2n) is 6.81. The maximum Gasteiger partial charge on any atom is 0.276 e. The van der Waals surface area contributed by atoms with Gasteiger partial charge >= 0.3 is 0 Å². The van der Waals surface area contributed by atoms with Crippen molar-refractivity contribution in [1.29, 1.82) is 0 Å². The van der Waals surface area contributed by atoms with E-state index >= 15 is 0 Å². The van der Waals surface area contributed by atoms with Gasteiger partial charge in [-0.2, -0.15) is 9.78 Å². The van der Waals surface area contributed by atoms with Crippen molar-refractivity contribution in [3.63, 3.8) is 0 Å². The highest BCUT2D eigenvalue weighted by Gasteiger charge is 2.25. The minimum Gasteiger partial charge on any atom is -0.496 e. The van der Waals surface area contributed by atoms with Crippen LogP contribution in [0.2, 0.25) is 0 Å². The van der Waals surface area contributed by atoms with E-state index in [1.807, 2.05) is 24.4 Å². The van der Waals surface area contributed by atoms with Crippen molar-refractivity contribution in [3.05, 3.63) is 79.8 Å². The van der Waals surface area contributed by atoms with Crippen molar-refractivity contribution in [3.8, 4) is 11.6 Å². The summed E-state index contributed by atoms with van der Waals surface area (Å²) in [7, 11) is 1.70. The van der Waals surface area contributed by atoms with Gasteiger partial charge in [-0.15, -0.1) is 0 Å². The van der Waals surface area contributed by atoms with Gasteiger partial charge in [-0.05, 0) is 82.9 Å². The summed E-state index contributed by atoms with van der Waals surface area (Å²) in [5.41, 5.74) is 4.29. The number of hydrogen-bond donors (Lipinski definition) is 0. The molecule has 1 aliphatic rings. The van der Waals surface area contributed by atoms with Crippen LogP contribution in [0.3, 0.4) is 0 Å². The Morgan fingerprint density at radius 3 is 2.81 bits per heavy atom. The molecule has 2 aromatic heterocycles. The van der Waals surface area contributed by atoms with Crippen LogP contribution in [0.5, 0.6) is 5.75 Å². The monoisotopic (exact) mass is 425 g/mol. The lowest BCUT2D eigenvalue weighted by molar-refractivity contribution is 0.409. The largest absolute Gasteiger partial charge is 0.496 e. The summed E-state index contributed by atoms with van der Waals surface area (Å²) in [6.45, 7) is 2.10. The van der Waals surface area contributed by atoms with Gasteiger partial charge in [-0.25, -0.2) is 4.98 Å². The average molecular weight is 426 g/mol. The highest BCUT2D eigenvalue weighted by molar-refractivity contribution is 9.10. The van der Waals surface area contributed by atoms with E-state index < -0.39 is 0 Å². The predicted octanol–water partition coefficient (Wildman–Crippen LogP) is 3.98. The van der Waals surface area contributed by atoms with Gasteiger partial charge in [-0.3, -0.25) is 4.79 Å². The summed E-state index contributed by atoms with van der Waals surface area (Å²) >= 11 is 3.36. The number of halogens is 1. The van der Waals surface area contributed by atoms with Crippen molar-refractivity contribution in [1.82, 2.24) is 14.8 Å². The van der Waals surface area contributed by atoms with Crippen LogP contribution >= 0.6 is 15.9 Å². The molecule has 0 amide bonds. The van der Waals surface area contributed by atoms with Gasteiger partial charge in [0.1, 0.15) is 5.75 Å². The molecule has 0 saturated carbocycles. The zero-order valence-corrected chi connectivity index (χ0v) is 16.9. The molecule has 1 aliphatic carbocycles. The standard InChI is InChI=1S/C21H20BrN3O2/c1-13-17(4-3-5-19(13)27-2)14-6-8-18-15(10-14)11-24-25(21(18)26)20-9-7-16(22)12-23-20/h3-5,7,9,11-12,14H,6,8,10H2,1-2H3. The average Bonchev–Trinajstić information content (AvgIpc) is 2.69. The summed E-state index contributed by atoms with van der Waals surface area (Å²) in [4.78, 5) is 17.2. The summed E-state index contributed by atoms with van der Waals surface area (Å²) in [6, 6.07) is 9.83. The molecular formula is C21H20BrN3O2. The molecule has 1 unspecified atom stereocenters. The van der Waals surface area contributed by atoms with Crippen molar-refractivity contribution >= 4 is 15.9 Å². The maximum absolute atomic E-state index is 12.9. The number of fused-ring (bicyclic) bond motifs is 1. The Morgan fingerprint density at radius 2 is 2.07 bits per heavy atom. The quantitative estimate of drug-likeness (QED) is 0.636. The van der Waals surface area contributed by atoms with Crippen molar-refractivity contribution < 1.29 is 4.74 Å². The summed E-state index contributed by atoms with van der Waals surface area (Å²) in [6.07, 6.45) is 6.00. The molecule has 1 atom stereocenters. The lowest BCUT2D eigenvalue weighted by Crippen LogP contribution is -2.30. The van der Waals surface area contributed by atoms with Gasteiger partial charge in [0.15, 0.2) is 5.82 Å². The molecule has 4 rings (SSSR count). The van der Waals surface area contributed by atoms with Crippen molar-refractivity contribution in [2.24, 2.45) is 0 Å². The van der Waals surface area contributed by atoms with E-state index in [2.05, 4.69) is 39.0 Å². The molecule has 0 saturated heterocycles. The first-order chi connectivity index (χ1) is 13.1. The van der Waals surface area contributed by atoms with Gasteiger partial charge in [-0.1, -0.05) is 12.1 Å². The number of rotatable bonds is 3. The van der Waals surface area contributed by atoms with Crippen molar-refractivity contribution in [2.45, 2.75) is 32.1 Å². The number of nitrogens with zero attached hydrogens (tertiary/aromatic N) is 3. The minimum absolute atomic E-state index is 0.0665. The van der Waals surface area contributed by atoms with E-state index in [-0.39, 0.29) is 5.56 Å². The van der Waals surface area contributed by atoms with E-state index in [0.29, 0.717) is 11.7 Å². The lowest BCUT2D eigenvalue weighted by Gasteiger charge is -2.26. The van der Waals surface area contributed by atoms with Gasteiger partial charge < -0.3 is 4.74 Å². The van der Waals surface area contributed by atoms with E-state index in [1.165, 1.54) is 15.8 Å². The molecule has 0 spiro atoms. The molecule has 0 N–H and O–H groups in total. The fourth-order valence-electron chi connectivity index (χ4n) is 3.87. The molecule has 0 bridgehead atoms. The normalized spacial score (nSPS) is 16.0. The van der Waals surface area contributed by atoms with E-state index in [0.717, 1.165) is 40.6 Å². The van der Waals surface area contributed by atoms with Crippen LogP contribution in [0.4, 0.5) is 0 Å². The molecule has 1 aromatic carbocycles. The van der Waals surface area contributed by atoms with Crippen LogP contribution in [0.1, 0.15) is 34.6 Å². The number of pyridine rings is 1. The predicted molar refractivity (Wildman–Crippen MR) is 108 cm³/mol. The second kappa shape index (κ2) is 7.27. The van der Waals surface area contributed by atoms with E-state index in [1.54, 1.807) is 19.4 Å². The maximum atomic E-state index is 12.9. The third-order valence-corrected chi connectivity index (χ3v) is 5.76. The van der Waals surface area contributed by atoms with Crippen molar-refractivity contribution in [2.75, 3.05) is 7.11 Å². The van der Waals surface area contributed by atoms with Gasteiger partial charge in [0.25, 0.3) is 5.56 Å². The van der Waals surface area contributed by atoms with Crippen LogP contribution in [0, 0.1) is 6.92 Å². The Bertz CT molecular complexity index is 1040. The molecule has 3 aromatic rings. The molecule has 27 heavy (non-hydrogen) atoms. The van der Waals surface area contributed by atoms with Gasteiger partial charge in [0, 0.05) is 16.2 Å². The molecule has 5 nitrogen and oxygen atoms in total. The number of methoxy groups -OCH3 is 1. The summed E-state index contributed by atoms with van der Waals surface area (Å²) in [5, 5.41) is 4.38. The van der Waals surface area contributed by atoms with Crippen LogP contribution in [-0.4, -0.2) is 21.9 Å². The number of ether oxygens (including phenoxy) is 1. The molecular weight excluding hydrogens is 406 g/mol. The number of hydrogen-bond acceptors (Lipinski definition) is 4. The fourth-order valence-corrected chi connectivity index (χ4v) is 4.10. The van der Waals surface area contributed by atoms with E-state index in [4.69, 9.17) is 4.74 Å². The Morgan fingerprint density at radius 1 is 1.22 bits per heavy atom. The Labute approximate surface area is 166 Å². The third-order valence-electron chi connectivity index (χ3n) is 5.29. The third kappa shape index (κ3) is 3.30.